The highest BCUT2D eigenvalue weighted by Crippen LogP contribution is 2.06. The fourth-order valence-electron chi connectivity index (χ4n) is 1.73. The van der Waals surface area contributed by atoms with E-state index in [1.165, 1.54) is 6.20 Å². The van der Waals surface area contributed by atoms with Crippen molar-refractivity contribution in [2.75, 3.05) is 6.54 Å². The van der Waals surface area contributed by atoms with Crippen LogP contribution in [0.25, 0.3) is 0 Å². The first kappa shape index (κ1) is 13.3. The highest BCUT2D eigenvalue weighted by Gasteiger charge is 2.06. The number of amides is 1. The Balaban J connectivity index is 1.87. The van der Waals surface area contributed by atoms with Crippen LogP contribution in [0.3, 0.4) is 0 Å². The zero-order valence-electron chi connectivity index (χ0n) is 10.7. The molecule has 0 saturated carbocycles. The molecule has 0 aromatic carbocycles. The van der Waals surface area contributed by atoms with Gasteiger partial charge in [0.05, 0.1) is 12.3 Å². The minimum Gasteiger partial charge on any atom is -0.466 e. The number of nitrogens with zero attached hydrogens (tertiary/aromatic N) is 1. The largest absolute Gasteiger partial charge is 0.466 e. The second-order valence-corrected chi connectivity index (χ2v) is 4.21. The Morgan fingerprint density at radius 3 is 2.95 bits per heavy atom. The molecule has 0 atom stereocenters. The van der Waals surface area contributed by atoms with E-state index in [-0.39, 0.29) is 12.5 Å². The number of aliphatic hydroxyl groups is 1. The first-order valence-corrected chi connectivity index (χ1v) is 6.08. The second kappa shape index (κ2) is 6.15. The van der Waals surface area contributed by atoms with Crippen molar-refractivity contribution in [3.05, 3.63) is 53.2 Å². The highest BCUT2D eigenvalue weighted by molar-refractivity contribution is 5.94. The topological polar surface area (TPSA) is 75.4 Å². The van der Waals surface area contributed by atoms with E-state index in [0.29, 0.717) is 24.2 Å². The fourth-order valence-corrected chi connectivity index (χ4v) is 1.73. The van der Waals surface area contributed by atoms with E-state index in [2.05, 4.69) is 10.3 Å². The molecular formula is C14H16N2O3. The van der Waals surface area contributed by atoms with E-state index in [1.54, 1.807) is 12.1 Å². The summed E-state index contributed by atoms with van der Waals surface area (Å²) in [4.78, 5) is 15.8. The Morgan fingerprint density at radius 2 is 2.26 bits per heavy atom. The van der Waals surface area contributed by atoms with Crippen molar-refractivity contribution < 1.29 is 14.3 Å². The maximum absolute atomic E-state index is 11.9. The first-order valence-electron chi connectivity index (χ1n) is 6.08. The normalized spacial score (nSPS) is 10.4. The number of nitrogens with one attached hydrogen (secondary N) is 1. The number of carbonyl (C=O) groups is 1. The van der Waals surface area contributed by atoms with Crippen LogP contribution in [0.1, 0.15) is 27.6 Å². The second-order valence-electron chi connectivity index (χ2n) is 4.21. The molecule has 2 heterocycles. The fraction of sp³-hybridized carbons (Fsp3) is 0.286. The van der Waals surface area contributed by atoms with Crippen molar-refractivity contribution in [2.45, 2.75) is 20.0 Å². The SMILES string of the molecule is Cc1ccc(CCNC(=O)c2ccnc(CO)c2)o1. The average molecular weight is 260 g/mol. The van der Waals surface area contributed by atoms with Gasteiger partial charge in [-0.1, -0.05) is 0 Å². The van der Waals surface area contributed by atoms with E-state index in [0.717, 1.165) is 11.5 Å². The van der Waals surface area contributed by atoms with Crippen molar-refractivity contribution in [1.29, 1.82) is 0 Å². The monoisotopic (exact) mass is 260 g/mol. The van der Waals surface area contributed by atoms with Crippen molar-refractivity contribution in [3.63, 3.8) is 0 Å². The van der Waals surface area contributed by atoms with Gasteiger partial charge in [-0.15, -0.1) is 0 Å². The molecular weight excluding hydrogens is 244 g/mol. The number of aryl methyl sites for hydroxylation is 1. The Bertz CT molecular complexity index is 563. The molecule has 2 aromatic heterocycles. The summed E-state index contributed by atoms with van der Waals surface area (Å²) in [6.45, 7) is 2.21. The van der Waals surface area contributed by atoms with Crippen LogP contribution in [0.2, 0.25) is 0 Å². The molecule has 100 valence electrons. The van der Waals surface area contributed by atoms with Gasteiger partial charge in [0.15, 0.2) is 0 Å². The van der Waals surface area contributed by atoms with Crippen LogP contribution in [-0.4, -0.2) is 22.5 Å². The number of pyridine rings is 1. The summed E-state index contributed by atoms with van der Waals surface area (Å²) in [5, 5.41) is 11.8. The zero-order valence-corrected chi connectivity index (χ0v) is 10.7. The predicted octanol–water partition coefficient (Wildman–Crippen LogP) is 1.45. The predicted molar refractivity (Wildman–Crippen MR) is 69.6 cm³/mol. The lowest BCUT2D eigenvalue weighted by atomic mass is 10.2. The zero-order chi connectivity index (χ0) is 13.7. The van der Waals surface area contributed by atoms with Gasteiger partial charge in [0, 0.05) is 24.7 Å². The molecule has 0 saturated heterocycles. The number of furan rings is 1. The molecule has 19 heavy (non-hydrogen) atoms. The van der Waals surface area contributed by atoms with Crippen LogP contribution in [0.15, 0.2) is 34.9 Å². The van der Waals surface area contributed by atoms with Gasteiger partial charge in [0.25, 0.3) is 5.91 Å². The minimum absolute atomic E-state index is 0.174. The lowest BCUT2D eigenvalue weighted by Crippen LogP contribution is -2.25. The average Bonchev–Trinajstić information content (AvgIpc) is 2.84. The van der Waals surface area contributed by atoms with Gasteiger partial charge in [-0.3, -0.25) is 9.78 Å². The smallest absolute Gasteiger partial charge is 0.251 e. The summed E-state index contributed by atoms with van der Waals surface area (Å²) in [7, 11) is 0. The van der Waals surface area contributed by atoms with E-state index in [1.807, 2.05) is 19.1 Å². The lowest BCUT2D eigenvalue weighted by Gasteiger charge is -2.05. The standard InChI is InChI=1S/C14H16N2O3/c1-10-2-3-13(19-10)5-7-16-14(18)11-4-6-15-12(8-11)9-17/h2-4,6,8,17H,5,7,9H2,1H3,(H,16,18). The molecule has 0 bridgehead atoms. The summed E-state index contributed by atoms with van der Waals surface area (Å²) in [6.07, 6.45) is 2.16. The van der Waals surface area contributed by atoms with E-state index in [4.69, 9.17) is 9.52 Å². The van der Waals surface area contributed by atoms with Gasteiger partial charge >= 0.3 is 0 Å². The number of aromatic nitrogens is 1. The number of aliphatic hydroxyl groups excluding tert-OH is 1. The molecule has 0 aliphatic heterocycles. The highest BCUT2D eigenvalue weighted by atomic mass is 16.3. The Kier molecular flexibility index (Phi) is 4.30. The van der Waals surface area contributed by atoms with Crippen molar-refractivity contribution in [2.24, 2.45) is 0 Å². The molecule has 5 heteroatoms. The third-order valence-corrected chi connectivity index (χ3v) is 2.69. The van der Waals surface area contributed by atoms with Gasteiger partial charge in [0.2, 0.25) is 0 Å². The molecule has 1 amide bonds. The van der Waals surface area contributed by atoms with Crippen LogP contribution < -0.4 is 5.32 Å². The third kappa shape index (κ3) is 3.66. The molecule has 5 nitrogen and oxygen atoms in total. The maximum Gasteiger partial charge on any atom is 0.251 e. The molecule has 0 spiro atoms. The third-order valence-electron chi connectivity index (χ3n) is 2.69. The van der Waals surface area contributed by atoms with Crippen molar-refractivity contribution in [1.82, 2.24) is 10.3 Å². The Labute approximate surface area is 111 Å². The van der Waals surface area contributed by atoms with Gasteiger partial charge in [0.1, 0.15) is 11.5 Å². The van der Waals surface area contributed by atoms with Gasteiger partial charge in [-0.25, -0.2) is 0 Å². The maximum atomic E-state index is 11.9. The first-order chi connectivity index (χ1) is 9.19. The number of hydrogen-bond donors (Lipinski definition) is 2. The molecule has 2 rings (SSSR count). The summed E-state index contributed by atoms with van der Waals surface area (Å²) >= 11 is 0. The van der Waals surface area contributed by atoms with E-state index < -0.39 is 0 Å². The molecule has 2 N–H and O–H groups in total. The Morgan fingerprint density at radius 1 is 1.42 bits per heavy atom. The van der Waals surface area contributed by atoms with Crippen LogP contribution >= 0.6 is 0 Å². The summed E-state index contributed by atoms with van der Waals surface area (Å²) < 4.78 is 5.41. The van der Waals surface area contributed by atoms with E-state index >= 15 is 0 Å². The molecule has 2 aromatic rings. The quantitative estimate of drug-likeness (QED) is 0.853. The molecule has 0 fully saturated rings. The summed E-state index contributed by atoms with van der Waals surface area (Å²) in [5.74, 6) is 1.53. The molecule has 0 aliphatic carbocycles. The van der Waals surface area contributed by atoms with Crippen LogP contribution in [0.4, 0.5) is 0 Å². The minimum atomic E-state index is -0.180. The molecule has 0 radical (unpaired) electrons. The number of hydrogen-bond acceptors (Lipinski definition) is 4. The van der Waals surface area contributed by atoms with Gasteiger partial charge in [-0.05, 0) is 31.2 Å². The number of carbonyl (C=O) groups excluding carboxylic acids is 1. The Hall–Kier alpha value is -2.14. The van der Waals surface area contributed by atoms with Crippen LogP contribution in [0.5, 0.6) is 0 Å². The molecule has 0 unspecified atom stereocenters. The van der Waals surface area contributed by atoms with Crippen molar-refractivity contribution >= 4 is 5.91 Å². The summed E-state index contributed by atoms with van der Waals surface area (Å²) in [6, 6.07) is 6.99. The number of rotatable bonds is 5. The summed E-state index contributed by atoms with van der Waals surface area (Å²) in [5.41, 5.74) is 0.976. The van der Waals surface area contributed by atoms with Crippen LogP contribution in [0, 0.1) is 6.92 Å². The van der Waals surface area contributed by atoms with E-state index in [9.17, 15) is 4.79 Å². The van der Waals surface area contributed by atoms with Gasteiger partial charge in [-0.2, -0.15) is 0 Å². The molecule has 0 aliphatic rings. The van der Waals surface area contributed by atoms with Crippen molar-refractivity contribution in [3.8, 4) is 0 Å². The lowest BCUT2D eigenvalue weighted by molar-refractivity contribution is 0.0953. The van der Waals surface area contributed by atoms with Crippen LogP contribution in [-0.2, 0) is 13.0 Å². The van der Waals surface area contributed by atoms with Gasteiger partial charge < -0.3 is 14.8 Å².